The summed E-state index contributed by atoms with van der Waals surface area (Å²) in [5, 5.41) is 0. The standard InChI is InChI=1S/C17H25NO2/c1-2-3-6-17(19)15-7-9-16(10-8-15)20-14-13-18-11-4-5-12-18/h7-10H,2-6,11-14H2,1H3. The van der Waals surface area contributed by atoms with Gasteiger partial charge in [-0.3, -0.25) is 9.69 Å². The van der Waals surface area contributed by atoms with Crippen LogP contribution in [0.5, 0.6) is 5.75 Å². The van der Waals surface area contributed by atoms with E-state index >= 15 is 0 Å². The van der Waals surface area contributed by atoms with Crippen molar-refractivity contribution in [2.24, 2.45) is 0 Å². The van der Waals surface area contributed by atoms with Gasteiger partial charge in [-0.15, -0.1) is 0 Å². The Labute approximate surface area is 121 Å². The smallest absolute Gasteiger partial charge is 0.162 e. The number of benzene rings is 1. The van der Waals surface area contributed by atoms with Crippen LogP contribution in [0.25, 0.3) is 0 Å². The van der Waals surface area contributed by atoms with E-state index < -0.39 is 0 Å². The Hall–Kier alpha value is -1.35. The number of hydrogen-bond acceptors (Lipinski definition) is 3. The number of nitrogens with zero attached hydrogens (tertiary/aromatic N) is 1. The first kappa shape index (κ1) is 15.0. The Morgan fingerprint density at radius 3 is 2.55 bits per heavy atom. The lowest BCUT2D eigenvalue weighted by molar-refractivity contribution is 0.0979. The molecular weight excluding hydrogens is 250 g/mol. The zero-order valence-corrected chi connectivity index (χ0v) is 12.4. The second-order valence-electron chi connectivity index (χ2n) is 5.45. The van der Waals surface area contributed by atoms with Crippen LogP contribution >= 0.6 is 0 Å². The summed E-state index contributed by atoms with van der Waals surface area (Å²) >= 11 is 0. The Morgan fingerprint density at radius 1 is 1.20 bits per heavy atom. The molecule has 3 nitrogen and oxygen atoms in total. The Kier molecular flexibility index (Phi) is 6.06. The van der Waals surface area contributed by atoms with Crippen molar-refractivity contribution in [2.75, 3.05) is 26.2 Å². The van der Waals surface area contributed by atoms with Gasteiger partial charge in [0.15, 0.2) is 5.78 Å². The highest BCUT2D eigenvalue weighted by molar-refractivity contribution is 5.96. The van der Waals surface area contributed by atoms with Gasteiger partial charge in [0.2, 0.25) is 0 Å². The predicted octanol–water partition coefficient (Wildman–Crippen LogP) is 3.53. The maximum Gasteiger partial charge on any atom is 0.162 e. The molecule has 1 fully saturated rings. The van der Waals surface area contributed by atoms with E-state index in [4.69, 9.17) is 4.74 Å². The zero-order valence-electron chi connectivity index (χ0n) is 12.4. The lowest BCUT2D eigenvalue weighted by atomic mass is 10.1. The number of unbranched alkanes of at least 4 members (excludes halogenated alkanes) is 1. The molecule has 2 rings (SSSR count). The van der Waals surface area contributed by atoms with Crippen LogP contribution in [0.15, 0.2) is 24.3 Å². The van der Waals surface area contributed by atoms with Gasteiger partial charge in [-0.2, -0.15) is 0 Å². The van der Waals surface area contributed by atoms with Crippen LogP contribution in [0, 0.1) is 0 Å². The molecule has 0 radical (unpaired) electrons. The van der Waals surface area contributed by atoms with Crippen LogP contribution in [-0.4, -0.2) is 36.9 Å². The maximum atomic E-state index is 11.9. The van der Waals surface area contributed by atoms with Gasteiger partial charge in [-0.1, -0.05) is 13.3 Å². The van der Waals surface area contributed by atoms with Gasteiger partial charge in [-0.05, 0) is 56.6 Å². The summed E-state index contributed by atoms with van der Waals surface area (Å²) in [6.45, 7) is 6.23. The molecule has 1 aromatic rings. The summed E-state index contributed by atoms with van der Waals surface area (Å²) < 4.78 is 5.73. The Morgan fingerprint density at radius 2 is 1.90 bits per heavy atom. The molecule has 1 aliphatic heterocycles. The van der Waals surface area contributed by atoms with Crippen molar-refractivity contribution in [3.8, 4) is 5.75 Å². The molecule has 1 heterocycles. The molecule has 3 heteroatoms. The molecule has 0 saturated carbocycles. The molecule has 0 bridgehead atoms. The molecule has 0 unspecified atom stereocenters. The third-order valence-electron chi connectivity index (χ3n) is 3.81. The number of carbonyl (C=O) groups is 1. The number of carbonyl (C=O) groups excluding carboxylic acids is 1. The van der Waals surface area contributed by atoms with Crippen molar-refractivity contribution in [3.63, 3.8) is 0 Å². The monoisotopic (exact) mass is 275 g/mol. The van der Waals surface area contributed by atoms with E-state index in [1.165, 1.54) is 25.9 Å². The van der Waals surface area contributed by atoms with E-state index in [2.05, 4.69) is 11.8 Å². The van der Waals surface area contributed by atoms with Crippen molar-refractivity contribution in [2.45, 2.75) is 39.0 Å². The van der Waals surface area contributed by atoms with E-state index in [0.717, 1.165) is 37.3 Å². The van der Waals surface area contributed by atoms with Crippen LogP contribution in [-0.2, 0) is 0 Å². The molecule has 110 valence electrons. The number of ketones is 1. The van der Waals surface area contributed by atoms with Crippen molar-refractivity contribution in [1.29, 1.82) is 0 Å². The van der Waals surface area contributed by atoms with E-state index in [1.54, 1.807) is 0 Å². The lowest BCUT2D eigenvalue weighted by Crippen LogP contribution is -2.25. The van der Waals surface area contributed by atoms with Crippen LogP contribution in [0.2, 0.25) is 0 Å². The van der Waals surface area contributed by atoms with E-state index in [9.17, 15) is 4.79 Å². The van der Waals surface area contributed by atoms with Crippen LogP contribution in [0.4, 0.5) is 0 Å². The molecule has 0 spiro atoms. The number of ether oxygens (including phenoxy) is 1. The van der Waals surface area contributed by atoms with Crippen LogP contribution < -0.4 is 4.74 Å². The predicted molar refractivity (Wildman–Crippen MR) is 81.5 cm³/mol. The highest BCUT2D eigenvalue weighted by atomic mass is 16.5. The van der Waals surface area contributed by atoms with Gasteiger partial charge < -0.3 is 4.74 Å². The molecule has 0 aromatic heterocycles. The number of hydrogen-bond donors (Lipinski definition) is 0. The normalized spacial score (nSPS) is 15.4. The molecule has 0 aliphatic carbocycles. The Bertz CT molecular complexity index is 408. The highest BCUT2D eigenvalue weighted by Gasteiger charge is 2.11. The summed E-state index contributed by atoms with van der Waals surface area (Å²) in [4.78, 5) is 14.3. The second-order valence-corrected chi connectivity index (χ2v) is 5.45. The minimum Gasteiger partial charge on any atom is -0.492 e. The quantitative estimate of drug-likeness (QED) is 0.680. The molecular formula is C17H25NO2. The molecule has 1 aromatic carbocycles. The second kappa shape index (κ2) is 8.05. The van der Waals surface area contributed by atoms with Gasteiger partial charge in [0, 0.05) is 18.5 Å². The maximum absolute atomic E-state index is 11.9. The molecule has 0 atom stereocenters. The summed E-state index contributed by atoms with van der Waals surface area (Å²) in [5.74, 6) is 1.09. The number of likely N-dealkylation sites (tertiary alicyclic amines) is 1. The fourth-order valence-corrected chi connectivity index (χ4v) is 2.52. The molecule has 1 aliphatic rings. The third kappa shape index (κ3) is 4.64. The summed E-state index contributed by atoms with van der Waals surface area (Å²) in [7, 11) is 0. The van der Waals surface area contributed by atoms with Gasteiger partial charge in [-0.25, -0.2) is 0 Å². The van der Waals surface area contributed by atoms with Gasteiger partial charge in [0.05, 0.1) is 0 Å². The topological polar surface area (TPSA) is 29.5 Å². The SMILES string of the molecule is CCCCC(=O)c1ccc(OCCN2CCCC2)cc1. The fraction of sp³-hybridized carbons (Fsp3) is 0.588. The third-order valence-corrected chi connectivity index (χ3v) is 3.81. The van der Waals surface area contributed by atoms with Crippen LogP contribution in [0.3, 0.4) is 0 Å². The highest BCUT2D eigenvalue weighted by Crippen LogP contribution is 2.15. The largest absolute Gasteiger partial charge is 0.492 e. The Balaban J connectivity index is 1.74. The molecule has 0 amide bonds. The summed E-state index contributed by atoms with van der Waals surface area (Å²) in [5.41, 5.74) is 0.797. The van der Waals surface area contributed by atoms with Gasteiger partial charge in [0.25, 0.3) is 0 Å². The van der Waals surface area contributed by atoms with E-state index in [-0.39, 0.29) is 5.78 Å². The molecule has 20 heavy (non-hydrogen) atoms. The molecule has 1 saturated heterocycles. The van der Waals surface area contributed by atoms with Crippen molar-refractivity contribution in [1.82, 2.24) is 4.90 Å². The first-order valence-corrected chi connectivity index (χ1v) is 7.78. The molecule has 0 N–H and O–H groups in total. The average Bonchev–Trinajstić information content (AvgIpc) is 2.99. The zero-order chi connectivity index (χ0) is 14.2. The first-order valence-electron chi connectivity index (χ1n) is 7.78. The van der Waals surface area contributed by atoms with Crippen molar-refractivity contribution in [3.05, 3.63) is 29.8 Å². The van der Waals surface area contributed by atoms with Crippen molar-refractivity contribution < 1.29 is 9.53 Å². The van der Waals surface area contributed by atoms with E-state index in [0.29, 0.717) is 6.42 Å². The number of Topliss-reactive ketones (excluding diaryl/α,β-unsaturated/α-hetero) is 1. The van der Waals surface area contributed by atoms with Crippen molar-refractivity contribution >= 4 is 5.78 Å². The summed E-state index contributed by atoms with van der Waals surface area (Å²) in [6.07, 6.45) is 5.30. The fourth-order valence-electron chi connectivity index (χ4n) is 2.52. The van der Waals surface area contributed by atoms with Crippen LogP contribution in [0.1, 0.15) is 49.4 Å². The van der Waals surface area contributed by atoms with Gasteiger partial charge >= 0.3 is 0 Å². The lowest BCUT2D eigenvalue weighted by Gasteiger charge is -2.14. The first-order chi connectivity index (χ1) is 9.79. The average molecular weight is 275 g/mol. The number of rotatable bonds is 8. The summed E-state index contributed by atoms with van der Waals surface area (Å²) in [6, 6.07) is 7.57. The van der Waals surface area contributed by atoms with Gasteiger partial charge in [0.1, 0.15) is 12.4 Å². The minimum absolute atomic E-state index is 0.232. The van der Waals surface area contributed by atoms with E-state index in [1.807, 2.05) is 24.3 Å². The minimum atomic E-state index is 0.232.